The number of nitrogens with zero attached hydrogens (tertiary/aromatic N) is 6. The summed E-state index contributed by atoms with van der Waals surface area (Å²) in [5.41, 5.74) is 2.57. The van der Waals surface area contributed by atoms with Crippen LogP contribution in [0.3, 0.4) is 0 Å². The summed E-state index contributed by atoms with van der Waals surface area (Å²) in [5, 5.41) is 25.1. The zero-order chi connectivity index (χ0) is 23.2. The van der Waals surface area contributed by atoms with Gasteiger partial charge in [-0.15, -0.1) is 10.2 Å². The number of aliphatic hydroxyl groups excluding tert-OH is 1. The molecule has 4 rings (SSSR count). The van der Waals surface area contributed by atoms with Crippen LogP contribution in [0.1, 0.15) is 47.4 Å². The van der Waals surface area contributed by atoms with Crippen LogP contribution in [0.5, 0.6) is 5.88 Å². The average Bonchev–Trinajstić information content (AvgIpc) is 3.31. The van der Waals surface area contributed by atoms with Crippen LogP contribution in [0.25, 0.3) is 11.4 Å². The Bertz CT molecular complexity index is 1090. The van der Waals surface area contributed by atoms with Crippen molar-refractivity contribution in [1.29, 1.82) is 0 Å². The van der Waals surface area contributed by atoms with Gasteiger partial charge < -0.3 is 15.2 Å². The molecule has 10 heteroatoms. The number of hydrogen-bond acceptors (Lipinski definition) is 8. The minimum atomic E-state index is -0.288. The van der Waals surface area contributed by atoms with E-state index in [1.165, 1.54) is 0 Å². The lowest BCUT2D eigenvalue weighted by Crippen LogP contribution is -2.24. The number of carbonyl (C=O) groups is 1. The summed E-state index contributed by atoms with van der Waals surface area (Å²) in [6, 6.07) is 7.12. The number of rotatable bonds is 8. The standard InChI is InChI=1S/C23H29N7O3/c1-15-9-19(22-27-29-30(28-22)13-16-3-5-17(14-31)6-4-16)11-20(26-15)23(32)25-12-18-7-8-24-21(10-18)33-2/h7-11,16-17,31H,3-6,12-14H2,1-2H3,(H,25,32)/t16-,17-. The van der Waals surface area contributed by atoms with E-state index in [0.29, 0.717) is 53.6 Å². The van der Waals surface area contributed by atoms with Crippen LogP contribution >= 0.6 is 0 Å². The summed E-state index contributed by atoms with van der Waals surface area (Å²) in [6.07, 6.45) is 5.83. The third-order valence-corrected chi connectivity index (χ3v) is 6.00. The summed E-state index contributed by atoms with van der Waals surface area (Å²) in [7, 11) is 1.55. The Labute approximate surface area is 192 Å². The van der Waals surface area contributed by atoms with E-state index in [0.717, 1.165) is 31.2 Å². The first-order chi connectivity index (χ1) is 16.0. The van der Waals surface area contributed by atoms with Crippen LogP contribution in [-0.4, -0.2) is 54.9 Å². The molecule has 0 saturated heterocycles. The first-order valence-electron chi connectivity index (χ1n) is 11.2. The van der Waals surface area contributed by atoms with Crippen LogP contribution in [0, 0.1) is 18.8 Å². The Kier molecular flexibility index (Phi) is 7.23. The highest BCUT2D eigenvalue weighted by atomic mass is 16.5. The summed E-state index contributed by atoms with van der Waals surface area (Å²) < 4.78 is 5.12. The number of aryl methyl sites for hydroxylation is 1. The second-order valence-corrected chi connectivity index (χ2v) is 8.51. The van der Waals surface area contributed by atoms with Gasteiger partial charge in [0.2, 0.25) is 11.7 Å². The highest BCUT2D eigenvalue weighted by molar-refractivity contribution is 5.93. The van der Waals surface area contributed by atoms with Crippen molar-refractivity contribution < 1.29 is 14.6 Å². The Morgan fingerprint density at radius 3 is 2.76 bits per heavy atom. The number of tetrazole rings is 1. The molecule has 1 aliphatic rings. The molecule has 1 saturated carbocycles. The van der Waals surface area contributed by atoms with Gasteiger partial charge in [0.15, 0.2) is 0 Å². The van der Waals surface area contributed by atoms with Crippen LogP contribution in [0.2, 0.25) is 0 Å². The number of ether oxygens (including phenoxy) is 1. The molecule has 3 heterocycles. The van der Waals surface area contributed by atoms with Crippen LogP contribution < -0.4 is 10.1 Å². The molecule has 0 aliphatic heterocycles. The highest BCUT2D eigenvalue weighted by Crippen LogP contribution is 2.29. The van der Waals surface area contributed by atoms with Gasteiger partial charge in [0, 0.05) is 36.7 Å². The molecule has 0 radical (unpaired) electrons. The van der Waals surface area contributed by atoms with E-state index in [9.17, 15) is 9.90 Å². The van der Waals surface area contributed by atoms with Crippen molar-refractivity contribution in [3.05, 3.63) is 47.4 Å². The Hall–Kier alpha value is -3.40. The molecule has 0 aromatic carbocycles. The van der Waals surface area contributed by atoms with E-state index < -0.39 is 0 Å². The zero-order valence-electron chi connectivity index (χ0n) is 18.9. The molecule has 3 aromatic heterocycles. The lowest BCUT2D eigenvalue weighted by atomic mass is 9.82. The predicted molar refractivity (Wildman–Crippen MR) is 120 cm³/mol. The minimum Gasteiger partial charge on any atom is -0.481 e. The summed E-state index contributed by atoms with van der Waals surface area (Å²) >= 11 is 0. The Morgan fingerprint density at radius 2 is 2.00 bits per heavy atom. The van der Waals surface area contributed by atoms with Crippen LogP contribution in [0.15, 0.2) is 30.5 Å². The average molecular weight is 452 g/mol. The van der Waals surface area contributed by atoms with E-state index in [-0.39, 0.29) is 12.5 Å². The van der Waals surface area contributed by atoms with E-state index in [2.05, 4.69) is 30.7 Å². The van der Waals surface area contributed by atoms with Crippen molar-refractivity contribution in [2.75, 3.05) is 13.7 Å². The molecule has 0 bridgehead atoms. The number of methoxy groups -OCH3 is 1. The van der Waals surface area contributed by atoms with Crippen molar-refractivity contribution in [3.8, 4) is 17.3 Å². The molecule has 1 aliphatic carbocycles. The monoisotopic (exact) mass is 451 g/mol. The van der Waals surface area contributed by atoms with Gasteiger partial charge in [-0.2, -0.15) is 4.80 Å². The topological polar surface area (TPSA) is 128 Å². The molecule has 0 unspecified atom stereocenters. The van der Waals surface area contributed by atoms with E-state index >= 15 is 0 Å². The number of nitrogens with one attached hydrogen (secondary N) is 1. The predicted octanol–water partition coefficient (Wildman–Crippen LogP) is 2.18. The first-order valence-corrected chi connectivity index (χ1v) is 11.2. The maximum Gasteiger partial charge on any atom is 0.270 e. The normalized spacial score (nSPS) is 18.2. The molecular weight excluding hydrogens is 422 g/mol. The van der Waals surface area contributed by atoms with Crippen molar-refractivity contribution >= 4 is 5.91 Å². The fraction of sp³-hybridized carbons (Fsp3) is 0.478. The van der Waals surface area contributed by atoms with Crippen LogP contribution in [0.4, 0.5) is 0 Å². The second kappa shape index (κ2) is 10.5. The molecule has 174 valence electrons. The van der Waals surface area contributed by atoms with Gasteiger partial charge in [-0.05, 0) is 73.4 Å². The number of aromatic nitrogens is 6. The third kappa shape index (κ3) is 5.89. The molecule has 0 spiro atoms. The van der Waals surface area contributed by atoms with Gasteiger partial charge in [-0.1, -0.05) is 0 Å². The fourth-order valence-corrected chi connectivity index (χ4v) is 4.12. The van der Waals surface area contributed by atoms with Crippen molar-refractivity contribution in [1.82, 2.24) is 35.5 Å². The zero-order valence-corrected chi connectivity index (χ0v) is 18.9. The smallest absolute Gasteiger partial charge is 0.270 e. The van der Waals surface area contributed by atoms with Gasteiger partial charge >= 0.3 is 0 Å². The molecule has 0 atom stereocenters. The lowest BCUT2D eigenvalue weighted by Gasteiger charge is -2.26. The molecule has 33 heavy (non-hydrogen) atoms. The molecule has 1 amide bonds. The van der Waals surface area contributed by atoms with Gasteiger partial charge in [0.25, 0.3) is 5.91 Å². The lowest BCUT2D eigenvalue weighted by molar-refractivity contribution is 0.0945. The number of aliphatic hydroxyl groups is 1. The van der Waals surface area contributed by atoms with E-state index in [1.54, 1.807) is 30.2 Å². The molecule has 2 N–H and O–H groups in total. The first kappa shape index (κ1) is 22.8. The van der Waals surface area contributed by atoms with Crippen molar-refractivity contribution in [2.45, 2.75) is 45.7 Å². The summed E-state index contributed by atoms with van der Waals surface area (Å²) in [6.45, 7) is 3.14. The minimum absolute atomic E-state index is 0.270. The summed E-state index contributed by atoms with van der Waals surface area (Å²) in [5.74, 6) is 1.59. The van der Waals surface area contributed by atoms with Gasteiger partial charge in [-0.3, -0.25) is 4.79 Å². The highest BCUT2D eigenvalue weighted by Gasteiger charge is 2.22. The van der Waals surface area contributed by atoms with E-state index in [4.69, 9.17) is 4.74 Å². The van der Waals surface area contributed by atoms with E-state index in [1.807, 2.05) is 19.1 Å². The quantitative estimate of drug-likeness (QED) is 0.533. The summed E-state index contributed by atoms with van der Waals surface area (Å²) in [4.78, 5) is 22.8. The SMILES string of the molecule is COc1cc(CNC(=O)c2cc(-c3nnn(C[C@H]4CC[C@H](CO)CC4)n3)cc(C)n2)ccn1. The van der Waals surface area contributed by atoms with Gasteiger partial charge in [0.05, 0.1) is 13.7 Å². The third-order valence-electron chi connectivity index (χ3n) is 6.00. The maximum atomic E-state index is 12.7. The number of pyridine rings is 2. The number of amides is 1. The molecule has 10 nitrogen and oxygen atoms in total. The largest absolute Gasteiger partial charge is 0.481 e. The maximum absolute atomic E-state index is 12.7. The number of carbonyl (C=O) groups excluding carboxylic acids is 1. The molecule has 1 fully saturated rings. The molecular formula is C23H29N7O3. The van der Waals surface area contributed by atoms with Crippen LogP contribution in [-0.2, 0) is 13.1 Å². The fourth-order valence-electron chi connectivity index (χ4n) is 4.12. The van der Waals surface area contributed by atoms with Gasteiger partial charge in [0.1, 0.15) is 5.69 Å². The Balaban J connectivity index is 1.41. The number of hydrogen-bond donors (Lipinski definition) is 2. The second-order valence-electron chi connectivity index (χ2n) is 8.51. The van der Waals surface area contributed by atoms with Gasteiger partial charge in [-0.25, -0.2) is 9.97 Å². The van der Waals surface area contributed by atoms with Crippen molar-refractivity contribution in [3.63, 3.8) is 0 Å². The molecule has 3 aromatic rings. The van der Waals surface area contributed by atoms with Crippen molar-refractivity contribution in [2.24, 2.45) is 11.8 Å². The Morgan fingerprint density at radius 1 is 1.21 bits per heavy atom.